The van der Waals surface area contributed by atoms with Crippen LogP contribution in [0.3, 0.4) is 0 Å². The zero-order valence-electron chi connectivity index (χ0n) is 20.4. The average molecular weight is 484 g/mol. The molecule has 0 spiro atoms. The second-order valence-electron chi connectivity index (χ2n) is 11.4. The minimum absolute atomic E-state index is 0.00786. The maximum Gasteiger partial charge on any atom is 0.145 e. The summed E-state index contributed by atoms with van der Waals surface area (Å²) < 4.78 is 1.94. The molecular formula is C29H33N5O2. The van der Waals surface area contributed by atoms with Crippen LogP contribution in [0, 0.1) is 17.8 Å². The van der Waals surface area contributed by atoms with Crippen LogP contribution >= 0.6 is 0 Å². The standard InChI is InChI=1S/C29H33N5O2/c30-28-22-7-8-34(29(22)32-15-31-28)25-14-20(26(35)27(25)36)6-4-17-3-5-19-13-21-10-18(9-16-1-2-16)12-24(21)33-23(19)11-17/h3,5,7-8,11,13,15-16,18,20,25-27,35-36H,1-2,4,6,9-10,12,14H2,(H2,30,31,32)/t18-,20+,25-,26-,27+/m1/s1. The average Bonchev–Trinajstić information content (AvgIpc) is 3.32. The fourth-order valence-corrected chi connectivity index (χ4v) is 6.73. The van der Waals surface area contributed by atoms with Crippen LogP contribution in [-0.4, -0.2) is 41.9 Å². The molecule has 1 aromatic carbocycles. The SMILES string of the molecule is Nc1ncnc2c1ccn2[C@@H]1C[C@H](CCc2ccc3cc4c(nc3c2)C[C@H](CC2CC2)C4)[C@@H](O)[C@H]1O. The number of hydrogen-bond acceptors (Lipinski definition) is 6. The number of nitrogens with zero attached hydrogens (tertiary/aromatic N) is 4. The molecule has 3 aliphatic carbocycles. The van der Waals surface area contributed by atoms with Crippen LogP contribution in [0.5, 0.6) is 0 Å². The van der Waals surface area contributed by atoms with Crippen molar-refractivity contribution in [1.29, 1.82) is 0 Å². The first-order valence-electron chi connectivity index (χ1n) is 13.4. The molecule has 36 heavy (non-hydrogen) atoms. The molecule has 3 heterocycles. The molecule has 0 saturated heterocycles. The highest BCUT2D eigenvalue weighted by Crippen LogP contribution is 2.41. The van der Waals surface area contributed by atoms with E-state index in [1.807, 2.05) is 16.8 Å². The normalized spacial score (nSPS) is 27.8. The van der Waals surface area contributed by atoms with Crippen molar-refractivity contribution < 1.29 is 10.2 Å². The van der Waals surface area contributed by atoms with Crippen LogP contribution < -0.4 is 5.73 Å². The number of aromatic nitrogens is 4. The minimum atomic E-state index is -0.841. The van der Waals surface area contributed by atoms with Crippen LogP contribution in [-0.2, 0) is 19.3 Å². The van der Waals surface area contributed by atoms with Crippen molar-refractivity contribution in [2.24, 2.45) is 17.8 Å². The Morgan fingerprint density at radius 2 is 1.89 bits per heavy atom. The van der Waals surface area contributed by atoms with Crippen LogP contribution in [0.2, 0.25) is 0 Å². The Morgan fingerprint density at radius 3 is 2.75 bits per heavy atom. The molecule has 0 aliphatic heterocycles. The van der Waals surface area contributed by atoms with Crippen LogP contribution in [0.4, 0.5) is 5.82 Å². The summed E-state index contributed by atoms with van der Waals surface area (Å²) in [5.41, 5.74) is 11.7. The Balaban J connectivity index is 1.06. The smallest absolute Gasteiger partial charge is 0.145 e. The van der Waals surface area contributed by atoms with Gasteiger partial charge in [-0.15, -0.1) is 0 Å². The second kappa shape index (κ2) is 8.53. The molecule has 7 heteroatoms. The molecule has 4 N–H and O–H groups in total. The lowest BCUT2D eigenvalue weighted by molar-refractivity contribution is 0.00545. The first-order chi connectivity index (χ1) is 17.5. The Kier molecular flexibility index (Phi) is 5.26. The quantitative estimate of drug-likeness (QED) is 0.383. The summed E-state index contributed by atoms with van der Waals surface area (Å²) in [6.07, 6.45) is 10.6. The highest BCUT2D eigenvalue weighted by atomic mass is 16.3. The van der Waals surface area contributed by atoms with Gasteiger partial charge in [0.15, 0.2) is 0 Å². The lowest BCUT2D eigenvalue weighted by atomic mass is 9.95. The molecular weight excluding hydrogens is 450 g/mol. The van der Waals surface area contributed by atoms with E-state index < -0.39 is 12.2 Å². The van der Waals surface area contributed by atoms with Crippen molar-refractivity contribution in [3.05, 3.63) is 59.7 Å². The van der Waals surface area contributed by atoms with Gasteiger partial charge >= 0.3 is 0 Å². The van der Waals surface area contributed by atoms with E-state index in [1.54, 1.807) is 0 Å². The number of aryl methyl sites for hydroxylation is 1. The number of fused-ring (bicyclic) bond motifs is 3. The molecule has 2 saturated carbocycles. The maximum atomic E-state index is 10.9. The largest absolute Gasteiger partial charge is 0.390 e. The third kappa shape index (κ3) is 3.85. The molecule has 5 atom stereocenters. The van der Waals surface area contributed by atoms with E-state index in [0.29, 0.717) is 17.9 Å². The predicted molar refractivity (Wildman–Crippen MR) is 139 cm³/mol. The third-order valence-corrected chi connectivity index (χ3v) is 8.88. The highest BCUT2D eigenvalue weighted by Gasteiger charge is 2.42. The summed E-state index contributed by atoms with van der Waals surface area (Å²) in [7, 11) is 0. The fourth-order valence-electron chi connectivity index (χ4n) is 6.73. The Labute approximate surface area is 210 Å². The Bertz CT molecular complexity index is 1440. The summed E-state index contributed by atoms with van der Waals surface area (Å²) >= 11 is 0. The molecule has 0 radical (unpaired) electrons. The molecule has 2 fully saturated rings. The summed E-state index contributed by atoms with van der Waals surface area (Å²) in [6.45, 7) is 0. The minimum Gasteiger partial charge on any atom is -0.390 e. The third-order valence-electron chi connectivity index (χ3n) is 8.88. The van der Waals surface area contributed by atoms with Crippen molar-refractivity contribution in [3.8, 4) is 0 Å². The molecule has 7 nitrogen and oxygen atoms in total. The van der Waals surface area contributed by atoms with Crippen LogP contribution in [0.15, 0.2) is 42.9 Å². The van der Waals surface area contributed by atoms with Crippen LogP contribution in [0.25, 0.3) is 21.9 Å². The molecule has 0 amide bonds. The van der Waals surface area contributed by atoms with Gasteiger partial charge in [0.05, 0.1) is 23.0 Å². The maximum absolute atomic E-state index is 10.9. The summed E-state index contributed by atoms with van der Waals surface area (Å²) in [6, 6.07) is 10.6. The van der Waals surface area contributed by atoms with Gasteiger partial charge in [-0.3, -0.25) is 4.98 Å². The van der Waals surface area contributed by atoms with Gasteiger partial charge < -0.3 is 20.5 Å². The van der Waals surface area contributed by atoms with Gasteiger partial charge in [-0.05, 0) is 85.6 Å². The number of benzene rings is 1. The van der Waals surface area contributed by atoms with Gasteiger partial charge in [-0.1, -0.05) is 25.0 Å². The first-order valence-corrected chi connectivity index (χ1v) is 13.4. The summed E-state index contributed by atoms with van der Waals surface area (Å²) in [4.78, 5) is 13.5. The predicted octanol–water partition coefficient (Wildman–Crippen LogP) is 3.99. The van der Waals surface area contributed by atoms with E-state index in [2.05, 4.69) is 34.2 Å². The van der Waals surface area contributed by atoms with Crippen molar-refractivity contribution in [2.45, 2.75) is 69.6 Å². The molecule has 186 valence electrons. The lowest BCUT2D eigenvalue weighted by Crippen LogP contribution is -2.29. The van der Waals surface area contributed by atoms with E-state index in [4.69, 9.17) is 10.7 Å². The van der Waals surface area contributed by atoms with Crippen molar-refractivity contribution in [2.75, 3.05) is 5.73 Å². The Hall–Kier alpha value is -3.03. The van der Waals surface area contributed by atoms with Gasteiger partial charge in [0, 0.05) is 17.3 Å². The van der Waals surface area contributed by atoms with Crippen molar-refractivity contribution in [3.63, 3.8) is 0 Å². The van der Waals surface area contributed by atoms with E-state index in [1.165, 1.54) is 54.2 Å². The summed E-state index contributed by atoms with van der Waals surface area (Å²) in [5, 5.41) is 23.7. The van der Waals surface area contributed by atoms with E-state index in [-0.39, 0.29) is 12.0 Å². The number of nitrogens with two attached hydrogens (primary N) is 1. The number of anilines is 1. The number of aliphatic hydroxyl groups is 2. The molecule has 4 aromatic rings. The number of hydrogen-bond donors (Lipinski definition) is 3. The number of rotatable bonds is 6. The highest BCUT2D eigenvalue weighted by molar-refractivity contribution is 5.86. The molecule has 7 rings (SSSR count). The molecule has 0 unspecified atom stereocenters. The first kappa shape index (κ1) is 22.2. The van der Waals surface area contributed by atoms with Crippen molar-refractivity contribution in [1.82, 2.24) is 19.5 Å². The van der Waals surface area contributed by atoms with Crippen LogP contribution in [0.1, 0.15) is 55.0 Å². The fraction of sp³-hybridized carbons (Fsp3) is 0.483. The number of pyridine rings is 1. The van der Waals surface area contributed by atoms with E-state index in [9.17, 15) is 10.2 Å². The number of nitrogen functional groups attached to an aromatic ring is 1. The van der Waals surface area contributed by atoms with Gasteiger partial charge in [0.1, 0.15) is 23.9 Å². The number of aliphatic hydroxyl groups excluding tert-OH is 2. The second-order valence-corrected chi connectivity index (χ2v) is 11.4. The zero-order chi connectivity index (χ0) is 24.4. The zero-order valence-corrected chi connectivity index (χ0v) is 20.4. The van der Waals surface area contributed by atoms with Crippen molar-refractivity contribution >= 4 is 27.8 Å². The molecule has 0 bridgehead atoms. The van der Waals surface area contributed by atoms with Gasteiger partial charge in [0.25, 0.3) is 0 Å². The lowest BCUT2D eigenvalue weighted by Gasteiger charge is -2.19. The van der Waals surface area contributed by atoms with Gasteiger partial charge in [-0.25, -0.2) is 9.97 Å². The summed E-state index contributed by atoms with van der Waals surface area (Å²) in [5.74, 6) is 2.18. The molecule has 3 aliphatic rings. The Morgan fingerprint density at radius 1 is 1.00 bits per heavy atom. The van der Waals surface area contributed by atoms with Gasteiger partial charge in [0.2, 0.25) is 0 Å². The van der Waals surface area contributed by atoms with Gasteiger partial charge in [-0.2, -0.15) is 0 Å². The monoisotopic (exact) mass is 483 g/mol. The molecule has 3 aromatic heterocycles. The topological polar surface area (TPSA) is 110 Å². The van der Waals surface area contributed by atoms with E-state index in [0.717, 1.165) is 42.0 Å². The van der Waals surface area contributed by atoms with E-state index >= 15 is 0 Å².